The summed E-state index contributed by atoms with van der Waals surface area (Å²) in [6.07, 6.45) is 6.56. The summed E-state index contributed by atoms with van der Waals surface area (Å²) in [5.74, 6) is -2.03. The fourth-order valence-electron chi connectivity index (χ4n) is 5.96. The molecule has 218 valence electrons. The highest BCUT2D eigenvalue weighted by molar-refractivity contribution is 6.36. The summed E-state index contributed by atoms with van der Waals surface area (Å²) in [6.45, 7) is 1.28. The number of amides is 1. The van der Waals surface area contributed by atoms with E-state index >= 15 is 8.78 Å². The molecule has 1 amide bonds. The van der Waals surface area contributed by atoms with Gasteiger partial charge < -0.3 is 5.32 Å². The van der Waals surface area contributed by atoms with Crippen LogP contribution in [-0.4, -0.2) is 27.9 Å². The third kappa shape index (κ3) is 5.24. The molecule has 4 aromatic carbocycles. The van der Waals surface area contributed by atoms with E-state index in [1.165, 1.54) is 10.6 Å². The standard InChI is InChI=1S/C36H29F2N5O/c37-30-15-16-31(38)34-33(30)27(21-25-11-13-28(14-12-25)42-20-6-18-40-42)22-29-35(34)41-43(36(29)44)32-10-5-4-9-26(32)23-39-19-17-24-7-2-1-3-8-24/h1-16,18,20,22,27,39H,17,19,21,23H2. The first-order valence-electron chi connectivity index (χ1n) is 14.6. The molecule has 0 radical (unpaired) electrons. The summed E-state index contributed by atoms with van der Waals surface area (Å²) >= 11 is 0. The number of allylic oxidation sites excluding steroid dienone is 1. The molecular weight excluding hydrogens is 556 g/mol. The predicted octanol–water partition coefficient (Wildman–Crippen LogP) is 6.50. The first kappa shape index (κ1) is 27.6. The van der Waals surface area contributed by atoms with Gasteiger partial charge in [-0.2, -0.15) is 15.2 Å². The lowest BCUT2D eigenvalue weighted by Gasteiger charge is -2.24. The van der Waals surface area contributed by atoms with Gasteiger partial charge in [0.05, 0.1) is 16.9 Å². The van der Waals surface area contributed by atoms with Crippen molar-refractivity contribution in [2.75, 3.05) is 11.6 Å². The van der Waals surface area contributed by atoms with Gasteiger partial charge in [-0.3, -0.25) is 4.79 Å². The average molecular weight is 586 g/mol. The zero-order valence-electron chi connectivity index (χ0n) is 23.8. The largest absolute Gasteiger partial charge is 0.312 e. The van der Waals surface area contributed by atoms with E-state index in [2.05, 4.69) is 27.6 Å². The maximum atomic E-state index is 15.5. The normalized spacial score (nSPS) is 15.5. The quantitative estimate of drug-likeness (QED) is 0.201. The average Bonchev–Trinajstić information content (AvgIpc) is 3.71. The molecule has 2 aliphatic rings. The van der Waals surface area contributed by atoms with Crippen LogP contribution in [0.1, 0.15) is 33.7 Å². The van der Waals surface area contributed by atoms with Gasteiger partial charge in [0.2, 0.25) is 0 Å². The molecule has 0 bridgehead atoms. The number of nitrogens with zero attached hydrogens (tertiary/aromatic N) is 4. The fraction of sp³-hybridized carbons (Fsp3) is 0.139. The number of halogens is 2. The first-order chi connectivity index (χ1) is 21.6. The SMILES string of the molecule is O=C1C2=CC(Cc3ccc(-n4cccn4)cc3)c3c(F)ccc(F)c3C2=NN1c1ccccc1CNCCc1ccccc1. The van der Waals surface area contributed by atoms with Crippen molar-refractivity contribution >= 4 is 17.3 Å². The van der Waals surface area contributed by atoms with Crippen LogP contribution in [0, 0.1) is 11.6 Å². The van der Waals surface area contributed by atoms with E-state index in [0.29, 0.717) is 18.7 Å². The summed E-state index contributed by atoms with van der Waals surface area (Å²) in [5, 5.41) is 13.6. The highest BCUT2D eigenvalue weighted by Crippen LogP contribution is 2.40. The van der Waals surface area contributed by atoms with Crippen LogP contribution < -0.4 is 10.3 Å². The number of hydrogen-bond donors (Lipinski definition) is 1. The zero-order valence-corrected chi connectivity index (χ0v) is 23.8. The van der Waals surface area contributed by atoms with E-state index in [9.17, 15) is 4.79 Å². The van der Waals surface area contributed by atoms with Gasteiger partial charge in [-0.1, -0.05) is 66.7 Å². The molecule has 0 fully saturated rings. The van der Waals surface area contributed by atoms with E-state index in [1.807, 2.05) is 79.0 Å². The molecular formula is C36H29F2N5O. The number of fused-ring (bicyclic) bond motifs is 3. The smallest absolute Gasteiger partial charge is 0.280 e. The Hall–Kier alpha value is -5.21. The Morgan fingerprint density at radius 1 is 0.818 bits per heavy atom. The van der Waals surface area contributed by atoms with Crippen LogP contribution in [0.5, 0.6) is 0 Å². The number of hydrazone groups is 1. The predicted molar refractivity (Wildman–Crippen MR) is 167 cm³/mol. The van der Waals surface area contributed by atoms with Gasteiger partial charge in [0.25, 0.3) is 5.91 Å². The molecule has 6 nitrogen and oxygen atoms in total. The van der Waals surface area contributed by atoms with Crippen molar-refractivity contribution in [3.63, 3.8) is 0 Å². The van der Waals surface area contributed by atoms with Crippen LogP contribution >= 0.6 is 0 Å². The van der Waals surface area contributed by atoms with Crippen LogP contribution in [0.4, 0.5) is 14.5 Å². The van der Waals surface area contributed by atoms with Crippen LogP contribution in [0.25, 0.3) is 5.69 Å². The number of benzene rings is 4. The molecule has 1 N–H and O–H groups in total. The lowest BCUT2D eigenvalue weighted by atomic mass is 9.79. The molecule has 1 atom stereocenters. The molecule has 0 saturated heterocycles. The van der Waals surface area contributed by atoms with Crippen molar-refractivity contribution in [2.45, 2.75) is 25.3 Å². The number of carbonyl (C=O) groups excluding carboxylic acids is 1. The Kier molecular flexibility index (Phi) is 7.42. The second-order valence-corrected chi connectivity index (χ2v) is 10.9. The van der Waals surface area contributed by atoms with Crippen molar-refractivity contribution in [3.05, 3.63) is 161 Å². The summed E-state index contributed by atoms with van der Waals surface area (Å²) in [6, 6.07) is 29.6. The van der Waals surface area contributed by atoms with Gasteiger partial charge in [-0.25, -0.2) is 13.5 Å². The van der Waals surface area contributed by atoms with Gasteiger partial charge in [0.1, 0.15) is 17.3 Å². The van der Waals surface area contributed by atoms with Gasteiger partial charge in [-0.05, 0) is 72.5 Å². The lowest BCUT2D eigenvalue weighted by Crippen LogP contribution is -2.26. The minimum atomic E-state index is -0.602. The minimum absolute atomic E-state index is 0.0509. The highest BCUT2D eigenvalue weighted by atomic mass is 19.1. The van der Waals surface area contributed by atoms with Crippen molar-refractivity contribution in [2.24, 2.45) is 5.10 Å². The molecule has 1 aliphatic carbocycles. The molecule has 44 heavy (non-hydrogen) atoms. The second kappa shape index (κ2) is 11.8. The third-order valence-corrected chi connectivity index (χ3v) is 8.12. The van der Waals surface area contributed by atoms with Crippen molar-refractivity contribution in [1.82, 2.24) is 15.1 Å². The zero-order chi connectivity index (χ0) is 30.0. The Labute approximate surface area is 254 Å². The van der Waals surface area contributed by atoms with Gasteiger partial charge >= 0.3 is 0 Å². The minimum Gasteiger partial charge on any atom is -0.312 e. The Morgan fingerprint density at radius 3 is 2.39 bits per heavy atom. The fourth-order valence-corrected chi connectivity index (χ4v) is 5.96. The molecule has 0 spiro atoms. The van der Waals surface area contributed by atoms with Crippen LogP contribution in [0.15, 0.2) is 126 Å². The number of carbonyl (C=O) groups is 1. The van der Waals surface area contributed by atoms with Crippen molar-refractivity contribution < 1.29 is 13.6 Å². The van der Waals surface area contributed by atoms with E-state index in [-0.39, 0.29) is 28.3 Å². The van der Waals surface area contributed by atoms with Gasteiger partial charge in [-0.15, -0.1) is 0 Å². The molecule has 1 unspecified atom stereocenters. The van der Waals surface area contributed by atoms with Crippen molar-refractivity contribution in [1.29, 1.82) is 0 Å². The maximum absolute atomic E-state index is 15.5. The van der Waals surface area contributed by atoms with Crippen molar-refractivity contribution in [3.8, 4) is 5.69 Å². The third-order valence-electron chi connectivity index (χ3n) is 8.12. The van der Waals surface area contributed by atoms with E-state index in [0.717, 1.165) is 41.9 Å². The maximum Gasteiger partial charge on any atom is 0.280 e. The Balaban J connectivity index is 1.17. The molecule has 8 heteroatoms. The number of rotatable bonds is 9. The molecule has 1 aromatic heterocycles. The number of aromatic nitrogens is 2. The molecule has 1 aliphatic heterocycles. The topological polar surface area (TPSA) is 62.5 Å². The Bertz CT molecular complexity index is 1880. The summed E-state index contributed by atoms with van der Waals surface area (Å²) in [7, 11) is 0. The number of nitrogens with one attached hydrogen (secondary N) is 1. The first-order valence-corrected chi connectivity index (χ1v) is 14.6. The summed E-state index contributed by atoms with van der Waals surface area (Å²) in [4.78, 5) is 13.9. The summed E-state index contributed by atoms with van der Waals surface area (Å²) in [5.41, 5.74) is 5.26. The van der Waals surface area contributed by atoms with Crippen LogP contribution in [-0.2, 0) is 24.2 Å². The molecule has 2 heterocycles. The van der Waals surface area contributed by atoms with Gasteiger partial charge in [0.15, 0.2) is 0 Å². The monoisotopic (exact) mass is 585 g/mol. The molecule has 7 rings (SSSR count). The second-order valence-electron chi connectivity index (χ2n) is 10.9. The highest BCUT2D eigenvalue weighted by Gasteiger charge is 2.40. The van der Waals surface area contributed by atoms with Crippen LogP contribution in [0.2, 0.25) is 0 Å². The molecule has 5 aromatic rings. The lowest BCUT2D eigenvalue weighted by molar-refractivity contribution is -0.114. The van der Waals surface area contributed by atoms with Gasteiger partial charge in [0, 0.05) is 36.0 Å². The summed E-state index contributed by atoms with van der Waals surface area (Å²) < 4.78 is 32.6. The number of para-hydroxylation sites is 1. The number of anilines is 1. The van der Waals surface area contributed by atoms with E-state index in [1.54, 1.807) is 17.0 Å². The van der Waals surface area contributed by atoms with E-state index in [4.69, 9.17) is 0 Å². The Morgan fingerprint density at radius 2 is 1.59 bits per heavy atom. The van der Waals surface area contributed by atoms with E-state index < -0.39 is 17.6 Å². The molecule has 0 saturated carbocycles. The number of hydrogen-bond acceptors (Lipinski definition) is 4. The van der Waals surface area contributed by atoms with Crippen LogP contribution in [0.3, 0.4) is 0 Å².